The number of benzene rings is 3. The minimum atomic E-state index is -5.97. The Morgan fingerprint density at radius 3 is 2.08 bits per heavy atom. The number of rotatable bonds is 9. The minimum Gasteiger partial charge on any atom is -0.509 e. The summed E-state index contributed by atoms with van der Waals surface area (Å²) in [6.07, 6.45) is -0.551. The van der Waals surface area contributed by atoms with Gasteiger partial charge in [-0.15, -0.1) is 5.06 Å². The van der Waals surface area contributed by atoms with Gasteiger partial charge in [0.1, 0.15) is 23.8 Å². The van der Waals surface area contributed by atoms with Gasteiger partial charge in [-0.2, -0.15) is 8.42 Å². The summed E-state index contributed by atoms with van der Waals surface area (Å²) in [5.41, 5.74) is -8.93. The molecule has 1 fully saturated rings. The second-order valence-corrected chi connectivity index (χ2v) is 21.0. The molecule has 7 N–H and O–H groups in total. The largest absolute Gasteiger partial charge is 0.509 e. The van der Waals surface area contributed by atoms with Crippen LogP contribution < -0.4 is 24.8 Å². The first-order valence-corrected chi connectivity index (χ1v) is 23.8. The molecule has 6 aliphatic heterocycles. The standard InChI is InChI=1S/C47H46F4N4O15S/c1-44(2)41(59)31(46(5,62)63)23-17-21-28(29-30(34(49)36(51)35(50)33(29)48)43(61)52(6)16-13-27(58)70-55-25(56)11-12-26(55)57)22-18-24-32(47(64,65)71(66,67)68)42(60)45(3,4)54-15-8-10-20(38(24)54)40(22)69-39(21)19-9-7-14-53(44)37(19)23/h17-18,62-65H,7-16H2,1-6H3,(H2-,59,60,61,66,67,68)/p+1. The van der Waals surface area contributed by atoms with E-state index in [4.69, 9.17) is 9.57 Å². The third-order valence-corrected chi connectivity index (χ3v) is 15.1. The lowest BCUT2D eigenvalue weighted by molar-refractivity contribution is -0.197. The van der Waals surface area contributed by atoms with Crippen LogP contribution in [-0.4, -0.2) is 126 Å². The Labute approximate surface area is 400 Å². The number of hydrogen-bond donors (Lipinski definition) is 7. The van der Waals surface area contributed by atoms with Crippen molar-refractivity contribution in [1.82, 2.24) is 14.5 Å². The summed E-state index contributed by atoms with van der Waals surface area (Å²) in [6.45, 7) is 6.68. The maximum atomic E-state index is 17.4. The van der Waals surface area contributed by atoms with Crippen molar-refractivity contribution in [3.63, 3.8) is 0 Å². The molecule has 0 saturated carbocycles. The van der Waals surface area contributed by atoms with E-state index in [0.29, 0.717) is 16.7 Å². The van der Waals surface area contributed by atoms with Gasteiger partial charge in [0.15, 0.2) is 34.8 Å². The molecule has 0 aromatic heterocycles. The number of carbonyl (C=O) groups excluding carboxylic acids is 4. The fourth-order valence-corrected chi connectivity index (χ4v) is 11.1. The second kappa shape index (κ2) is 16.0. The molecule has 1 saturated heterocycles. The molecular weight excluding hydrogens is 969 g/mol. The van der Waals surface area contributed by atoms with Gasteiger partial charge in [-0.3, -0.25) is 18.9 Å². The van der Waals surface area contributed by atoms with E-state index >= 15 is 17.6 Å². The summed E-state index contributed by atoms with van der Waals surface area (Å²) in [5, 5.41) is 64.8. The highest BCUT2D eigenvalue weighted by atomic mass is 32.2. The molecular formula is C47H47F4N4O15S+. The summed E-state index contributed by atoms with van der Waals surface area (Å²) in [6, 6.07) is 2.08. The van der Waals surface area contributed by atoms with Crippen LogP contribution in [0.15, 0.2) is 23.7 Å². The smallest absolute Gasteiger partial charge is 0.334 e. The van der Waals surface area contributed by atoms with E-state index in [1.165, 1.54) is 13.8 Å². The number of hydrogen-bond acceptors (Lipinski definition) is 15. The van der Waals surface area contributed by atoms with Crippen LogP contribution in [-0.2, 0) is 42.2 Å². The number of aliphatic hydroxyl groups is 6. The highest BCUT2D eigenvalue weighted by molar-refractivity contribution is 7.87. The number of hydroxylamine groups is 2. The van der Waals surface area contributed by atoms with E-state index in [2.05, 4.69) is 0 Å². The monoisotopic (exact) mass is 1020 g/mol. The van der Waals surface area contributed by atoms with Crippen molar-refractivity contribution in [1.29, 1.82) is 0 Å². The molecule has 24 heteroatoms. The van der Waals surface area contributed by atoms with Crippen molar-refractivity contribution in [2.45, 2.75) is 102 Å². The Balaban J connectivity index is 1.41. The van der Waals surface area contributed by atoms with Crippen LogP contribution in [0.5, 0.6) is 11.5 Å². The van der Waals surface area contributed by atoms with Gasteiger partial charge in [0, 0.05) is 86.3 Å². The van der Waals surface area contributed by atoms with Crippen molar-refractivity contribution in [2.24, 2.45) is 0 Å². The molecule has 378 valence electrons. The first kappa shape index (κ1) is 49.5. The van der Waals surface area contributed by atoms with Crippen LogP contribution in [0.25, 0.3) is 16.7 Å². The normalized spacial score (nSPS) is 19.1. The van der Waals surface area contributed by atoms with Gasteiger partial charge >= 0.3 is 21.2 Å². The van der Waals surface area contributed by atoms with E-state index in [-0.39, 0.29) is 89.4 Å². The Kier molecular flexibility index (Phi) is 11.2. The van der Waals surface area contributed by atoms with Crippen molar-refractivity contribution in [3.05, 3.63) is 96.4 Å². The fraction of sp³-hybridized carbons (Fsp3) is 0.426. The highest BCUT2D eigenvalue weighted by Gasteiger charge is 2.55. The maximum absolute atomic E-state index is 17.4. The van der Waals surface area contributed by atoms with Gasteiger partial charge in [0.2, 0.25) is 10.9 Å². The van der Waals surface area contributed by atoms with Gasteiger partial charge in [0.25, 0.3) is 17.7 Å². The second-order valence-electron chi connectivity index (χ2n) is 19.4. The zero-order valence-electron chi connectivity index (χ0n) is 38.8. The molecule has 3 amide bonds. The average molecular weight is 1020 g/mol. The average Bonchev–Trinajstić information content (AvgIpc) is 3.60. The molecule has 9 rings (SSSR count). The van der Waals surface area contributed by atoms with Crippen molar-refractivity contribution >= 4 is 56.2 Å². The van der Waals surface area contributed by atoms with E-state index in [1.54, 1.807) is 23.3 Å². The van der Waals surface area contributed by atoms with Crippen molar-refractivity contribution in [2.75, 3.05) is 31.6 Å². The van der Waals surface area contributed by atoms with Gasteiger partial charge in [-0.25, -0.2) is 26.9 Å². The summed E-state index contributed by atoms with van der Waals surface area (Å²) in [5.74, 6) is -18.5. The maximum Gasteiger partial charge on any atom is 0.334 e. The molecule has 0 radical (unpaired) electrons. The quantitative estimate of drug-likeness (QED) is 0.0241. The number of anilines is 1. The van der Waals surface area contributed by atoms with Gasteiger partial charge < -0.3 is 50.0 Å². The fourth-order valence-electron chi connectivity index (χ4n) is 10.7. The zero-order chi connectivity index (χ0) is 52.1. The van der Waals surface area contributed by atoms with Gasteiger partial charge in [-0.1, -0.05) is 0 Å². The lowest BCUT2D eigenvalue weighted by atomic mass is 9.77. The number of aliphatic hydroxyl groups excluding tert-OH is 2. The van der Waals surface area contributed by atoms with Crippen LogP contribution >= 0.6 is 0 Å². The highest BCUT2D eigenvalue weighted by Crippen LogP contribution is 2.56. The first-order chi connectivity index (χ1) is 32.9. The SMILES string of the molecule is CN(CCC(=O)ON1C(=O)CCC1=O)C(=O)c1c(F)c(F)c(F)c(F)c1C1=c2cc3c4c(c2Oc2c1cc1c5c2CCCN5C(C)(C)C(O)=C1C(O)(O)S(=O)(=O)O)CCC[N+]=4C(C)(C)C(O)=C3C(C)(O)O. The van der Waals surface area contributed by atoms with E-state index in [9.17, 15) is 62.8 Å². The molecule has 0 bridgehead atoms. The Morgan fingerprint density at radius 1 is 0.845 bits per heavy atom. The minimum absolute atomic E-state index is 0.00587. The number of ether oxygens (including phenoxy) is 1. The molecule has 6 heterocycles. The van der Waals surface area contributed by atoms with E-state index < -0.39 is 143 Å². The summed E-state index contributed by atoms with van der Waals surface area (Å²) in [7, 11) is -5.01. The molecule has 3 aromatic rings. The number of amides is 3. The molecule has 0 unspecified atom stereocenters. The number of fused-ring (bicyclic) bond motifs is 4. The zero-order valence-corrected chi connectivity index (χ0v) is 39.6. The summed E-state index contributed by atoms with van der Waals surface area (Å²) >= 11 is 0. The molecule has 19 nitrogen and oxygen atoms in total. The van der Waals surface area contributed by atoms with Crippen LogP contribution in [0, 0.1) is 23.3 Å². The molecule has 0 spiro atoms. The number of imide groups is 1. The predicted molar refractivity (Wildman–Crippen MR) is 238 cm³/mol. The van der Waals surface area contributed by atoms with Crippen molar-refractivity contribution < 1.29 is 89.9 Å². The number of halogens is 4. The molecule has 0 aliphatic carbocycles. The van der Waals surface area contributed by atoms with Crippen LogP contribution in [0.4, 0.5) is 23.2 Å². The predicted octanol–water partition coefficient (Wildman–Crippen LogP) is 2.20. The molecule has 3 aromatic carbocycles. The summed E-state index contributed by atoms with van der Waals surface area (Å²) < 4.78 is 110. The van der Waals surface area contributed by atoms with Crippen LogP contribution in [0.1, 0.15) is 110 Å². The van der Waals surface area contributed by atoms with Gasteiger partial charge in [-0.05, 0) is 52.2 Å². The third kappa shape index (κ3) is 7.07. The van der Waals surface area contributed by atoms with Crippen LogP contribution in [0.2, 0.25) is 0 Å². The molecule has 0 atom stereocenters. The van der Waals surface area contributed by atoms with E-state index in [0.717, 1.165) is 26.1 Å². The summed E-state index contributed by atoms with van der Waals surface area (Å²) in [4.78, 5) is 58.6. The Hall–Kier alpha value is -6.44. The Morgan fingerprint density at radius 2 is 1.46 bits per heavy atom. The lowest BCUT2D eigenvalue weighted by Gasteiger charge is -2.49. The first-order valence-electron chi connectivity index (χ1n) is 22.3. The third-order valence-electron chi connectivity index (χ3n) is 14.2. The lowest BCUT2D eigenvalue weighted by Crippen LogP contribution is -2.57. The molecule has 6 aliphatic rings. The van der Waals surface area contributed by atoms with E-state index in [1.807, 2.05) is 0 Å². The molecule has 71 heavy (non-hydrogen) atoms. The number of nitrogens with zero attached hydrogens (tertiary/aromatic N) is 4. The van der Waals surface area contributed by atoms with Crippen LogP contribution in [0.3, 0.4) is 0 Å². The Bertz CT molecular complexity index is 3330. The van der Waals surface area contributed by atoms with Gasteiger partial charge in [0.05, 0.1) is 45.5 Å². The van der Waals surface area contributed by atoms with Crippen molar-refractivity contribution in [3.8, 4) is 11.5 Å². The topological polar surface area (TPSA) is 275 Å². The number of carbonyl (C=O) groups is 4.